The first-order valence-electron chi connectivity index (χ1n) is 6.97. The zero-order valence-corrected chi connectivity index (χ0v) is 12.4. The molecule has 1 atom stereocenters. The smallest absolute Gasteiger partial charge is 0.0794 e. The van der Waals surface area contributed by atoms with E-state index in [9.17, 15) is 0 Å². The molecule has 20 heavy (non-hydrogen) atoms. The number of para-hydroxylation sites is 1. The number of hydrogen-bond donors (Lipinski definition) is 1. The van der Waals surface area contributed by atoms with Crippen molar-refractivity contribution in [2.24, 2.45) is 5.73 Å². The van der Waals surface area contributed by atoms with Crippen molar-refractivity contribution in [3.05, 3.63) is 52.6 Å². The highest BCUT2D eigenvalue weighted by Gasteiger charge is 2.10. The molecule has 0 fully saturated rings. The lowest BCUT2D eigenvalue weighted by Gasteiger charge is -2.12. The Morgan fingerprint density at radius 3 is 3.00 bits per heavy atom. The van der Waals surface area contributed by atoms with Crippen LogP contribution in [-0.2, 0) is 13.0 Å². The summed E-state index contributed by atoms with van der Waals surface area (Å²) in [6.45, 7) is 3.02. The van der Waals surface area contributed by atoms with E-state index in [2.05, 4.69) is 46.9 Å². The van der Waals surface area contributed by atoms with Crippen molar-refractivity contribution in [3.8, 4) is 0 Å². The number of nitrogens with two attached hydrogens (primary N) is 1. The number of aromatic nitrogens is 2. The summed E-state index contributed by atoms with van der Waals surface area (Å²) in [5.74, 6) is 0. The highest BCUT2D eigenvalue weighted by atomic mass is 32.1. The van der Waals surface area contributed by atoms with Gasteiger partial charge in [0.25, 0.3) is 0 Å². The Morgan fingerprint density at radius 1 is 1.35 bits per heavy atom. The summed E-state index contributed by atoms with van der Waals surface area (Å²) in [6, 6.07) is 8.89. The van der Waals surface area contributed by atoms with Crippen molar-refractivity contribution >= 4 is 22.2 Å². The minimum Gasteiger partial charge on any atom is -0.342 e. The quantitative estimate of drug-likeness (QED) is 0.780. The second-order valence-electron chi connectivity index (χ2n) is 5.14. The van der Waals surface area contributed by atoms with E-state index in [1.165, 1.54) is 21.3 Å². The largest absolute Gasteiger partial charge is 0.342 e. The van der Waals surface area contributed by atoms with Gasteiger partial charge in [-0.05, 0) is 29.9 Å². The predicted molar refractivity (Wildman–Crippen MR) is 85.1 cm³/mol. The van der Waals surface area contributed by atoms with Crippen LogP contribution < -0.4 is 5.73 Å². The molecule has 104 valence electrons. The van der Waals surface area contributed by atoms with E-state index >= 15 is 0 Å². The molecule has 0 bridgehead atoms. The maximum atomic E-state index is 6.13. The lowest BCUT2D eigenvalue weighted by atomic mass is 10.0. The molecule has 0 saturated carbocycles. The van der Waals surface area contributed by atoms with Crippen molar-refractivity contribution in [2.75, 3.05) is 0 Å². The summed E-state index contributed by atoms with van der Waals surface area (Å²) in [5, 5.41) is 1.29. The van der Waals surface area contributed by atoms with Gasteiger partial charge in [-0.25, -0.2) is 0 Å². The normalized spacial score (nSPS) is 12.9. The number of hydrogen-bond acceptors (Lipinski definition) is 3. The first-order chi connectivity index (χ1) is 9.78. The average molecular weight is 285 g/mol. The number of benzene rings is 1. The minimum atomic E-state index is 0.229. The first kappa shape index (κ1) is 13.3. The van der Waals surface area contributed by atoms with Gasteiger partial charge in [-0.1, -0.05) is 25.1 Å². The van der Waals surface area contributed by atoms with Crippen molar-refractivity contribution < 1.29 is 0 Å². The van der Waals surface area contributed by atoms with Crippen LogP contribution >= 0.6 is 11.3 Å². The minimum absolute atomic E-state index is 0.229. The summed E-state index contributed by atoms with van der Waals surface area (Å²) in [6.07, 6.45) is 6.04. The lowest BCUT2D eigenvalue weighted by Crippen LogP contribution is -2.21. The Labute approximate surface area is 123 Å². The topological polar surface area (TPSA) is 43.8 Å². The standard InChI is InChI=1S/C16H19N3S/c1-2-14(17)8-13-5-3-4-12-6-7-19(16(12)13)10-15-9-18-11-20-15/h3-7,9,11,14H,2,8,10,17H2,1H3. The van der Waals surface area contributed by atoms with E-state index in [1.807, 2.05) is 11.7 Å². The highest BCUT2D eigenvalue weighted by molar-refractivity contribution is 7.09. The Balaban J connectivity index is 2.00. The van der Waals surface area contributed by atoms with Crippen molar-refractivity contribution in [2.45, 2.75) is 32.4 Å². The molecule has 4 heteroatoms. The molecule has 3 aromatic rings. The third-order valence-corrected chi connectivity index (χ3v) is 4.45. The number of rotatable bonds is 5. The molecule has 2 heterocycles. The fourth-order valence-electron chi connectivity index (χ4n) is 2.55. The second-order valence-corrected chi connectivity index (χ2v) is 6.11. The molecule has 1 unspecified atom stereocenters. The summed E-state index contributed by atoms with van der Waals surface area (Å²) in [4.78, 5) is 5.43. The first-order valence-corrected chi connectivity index (χ1v) is 7.85. The van der Waals surface area contributed by atoms with Crippen LogP contribution in [0.3, 0.4) is 0 Å². The van der Waals surface area contributed by atoms with Crippen LogP contribution in [0.2, 0.25) is 0 Å². The fraction of sp³-hybridized carbons (Fsp3) is 0.312. The van der Waals surface area contributed by atoms with Gasteiger partial charge in [0.15, 0.2) is 0 Å². The third kappa shape index (κ3) is 2.62. The molecule has 1 aromatic carbocycles. The third-order valence-electron chi connectivity index (χ3n) is 3.69. The van der Waals surface area contributed by atoms with Gasteiger partial charge in [0.1, 0.15) is 0 Å². The molecule has 0 aliphatic carbocycles. The monoisotopic (exact) mass is 285 g/mol. The average Bonchev–Trinajstić information content (AvgIpc) is 3.10. The van der Waals surface area contributed by atoms with E-state index in [-0.39, 0.29) is 6.04 Å². The summed E-state index contributed by atoms with van der Waals surface area (Å²) in [7, 11) is 0. The van der Waals surface area contributed by atoms with Gasteiger partial charge in [-0.15, -0.1) is 11.3 Å². The Morgan fingerprint density at radius 2 is 2.25 bits per heavy atom. The molecule has 0 saturated heterocycles. The number of nitrogens with zero attached hydrogens (tertiary/aromatic N) is 2. The Kier molecular flexibility index (Phi) is 3.85. The van der Waals surface area contributed by atoms with Crippen LogP contribution in [0, 0.1) is 0 Å². The molecule has 0 amide bonds. The van der Waals surface area contributed by atoms with Crippen molar-refractivity contribution in [1.29, 1.82) is 0 Å². The molecule has 2 N–H and O–H groups in total. The van der Waals surface area contributed by atoms with Gasteiger partial charge in [0.2, 0.25) is 0 Å². The van der Waals surface area contributed by atoms with Crippen LogP contribution in [-0.4, -0.2) is 15.6 Å². The zero-order chi connectivity index (χ0) is 13.9. The maximum absolute atomic E-state index is 6.13. The molecular weight excluding hydrogens is 266 g/mol. The van der Waals surface area contributed by atoms with Crippen LogP contribution in [0.25, 0.3) is 10.9 Å². The van der Waals surface area contributed by atoms with E-state index in [0.717, 1.165) is 19.4 Å². The molecule has 0 aliphatic heterocycles. The van der Waals surface area contributed by atoms with Crippen LogP contribution in [0.4, 0.5) is 0 Å². The van der Waals surface area contributed by atoms with E-state index < -0.39 is 0 Å². The number of fused-ring (bicyclic) bond motifs is 1. The van der Waals surface area contributed by atoms with Gasteiger partial charge < -0.3 is 10.3 Å². The predicted octanol–water partition coefficient (Wildman–Crippen LogP) is 3.43. The molecule has 2 aromatic heterocycles. The summed E-state index contributed by atoms with van der Waals surface area (Å²) >= 11 is 1.70. The molecule has 0 spiro atoms. The lowest BCUT2D eigenvalue weighted by molar-refractivity contribution is 0.646. The number of thiazole rings is 1. The van der Waals surface area contributed by atoms with Crippen LogP contribution in [0.5, 0.6) is 0 Å². The van der Waals surface area contributed by atoms with Gasteiger partial charge in [-0.3, -0.25) is 4.98 Å². The van der Waals surface area contributed by atoms with Crippen molar-refractivity contribution in [1.82, 2.24) is 9.55 Å². The van der Waals surface area contributed by atoms with Crippen LogP contribution in [0.1, 0.15) is 23.8 Å². The Bertz CT molecular complexity index is 685. The van der Waals surface area contributed by atoms with Gasteiger partial charge in [0, 0.05) is 23.3 Å². The molecular formula is C16H19N3S. The highest BCUT2D eigenvalue weighted by Crippen LogP contribution is 2.23. The van der Waals surface area contributed by atoms with Gasteiger partial charge >= 0.3 is 0 Å². The van der Waals surface area contributed by atoms with E-state index in [1.54, 1.807) is 11.3 Å². The summed E-state index contributed by atoms with van der Waals surface area (Å²) in [5.41, 5.74) is 10.7. The molecule has 0 radical (unpaired) electrons. The van der Waals surface area contributed by atoms with Crippen molar-refractivity contribution in [3.63, 3.8) is 0 Å². The van der Waals surface area contributed by atoms with Crippen LogP contribution in [0.15, 0.2) is 42.2 Å². The van der Waals surface area contributed by atoms with E-state index in [4.69, 9.17) is 5.73 Å². The van der Waals surface area contributed by atoms with E-state index in [0.29, 0.717) is 0 Å². The molecule has 3 nitrogen and oxygen atoms in total. The zero-order valence-electron chi connectivity index (χ0n) is 11.6. The second kappa shape index (κ2) is 5.77. The fourth-order valence-corrected chi connectivity index (χ4v) is 3.14. The molecule has 3 rings (SSSR count). The maximum Gasteiger partial charge on any atom is 0.0794 e. The Hall–Kier alpha value is -1.65. The SMILES string of the molecule is CCC(N)Cc1cccc2ccn(Cc3cncs3)c12. The van der Waals surface area contributed by atoms with Gasteiger partial charge in [-0.2, -0.15) is 0 Å². The van der Waals surface area contributed by atoms with Gasteiger partial charge in [0.05, 0.1) is 17.6 Å². The summed E-state index contributed by atoms with van der Waals surface area (Å²) < 4.78 is 2.31. The molecule has 0 aliphatic rings.